The predicted molar refractivity (Wildman–Crippen MR) is 139 cm³/mol. The smallest absolute Gasteiger partial charge is 0.244 e. The van der Waals surface area contributed by atoms with Gasteiger partial charge >= 0.3 is 0 Å². The number of aryl methyl sites for hydroxylation is 1. The maximum atomic E-state index is 13.6. The number of carbonyl (C=O) groups is 2. The molecule has 0 saturated heterocycles. The first kappa shape index (κ1) is 27.3. The van der Waals surface area contributed by atoms with Crippen LogP contribution >= 0.6 is 0 Å². The summed E-state index contributed by atoms with van der Waals surface area (Å²) in [4.78, 5) is 28.1. The zero-order valence-electron chi connectivity index (χ0n) is 21.7. The first-order chi connectivity index (χ1) is 16.7. The van der Waals surface area contributed by atoms with Crippen LogP contribution in [0.3, 0.4) is 0 Å². The molecule has 2 aromatic carbocycles. The molecule has 0 radical (unpaired) electrons. The highest BCUT2D eigenvalue weighted by atomic mass is 32.2. The summed E-state index contributed by atoms with van der Waals surface area (Å²) in [6.07, 6.45) is 1.04. The summed E-state index contributed by atoms with van der Waals surface area (Å²) in [7, 11) is -3.84. The topological polar surface area (TPSA) is 105 Å². The summed E-state index contributed by atoms with van der Waals surface area (Å²) in [5.41, 5.74) is 1.63. The number of sulfonamides is 1. The number of nitrogens with zero attached hydrogens (tertiary/aromatic N) is 2. The molecule has 1 N–H and O–H groups in total. The number of ether oxygens (including phenoxy) is 2. The molecule has 36 heavy (non-hydrogen) atoms. The lowest BCUT2D eigenvalue weighted by Crippen LogP contribution is -2.54. The number of nitrogens with one attached hydrogen (secondary N) is 1. The van der Waals surface area contributed by atoms with E-state index < -0.39 is 34.1 Å². The van der Waals surface area contributed by atoms with E-state index in [2.05, 4.69) is 5.32 Å². The van der Waals surface area contributed by atoms with Crippen LogP contribution in [0.1, 0.15) is 38.8 Å². The Kier molecular flexibility index (Phi) is 8.18. The number of carbonyl (C=O) groups excluding carboxylic acids is 2. The Balaban J connectivity index is 1.93. The first-order valence-electron chi connectivity index (χ1n) is 11.8. The Bertz CT molecular complexity index is 1220. The van der Waals surface area contributed by atoms with E-state index in [1.54, 1.807) is 25.1 Å². The van der Waals surface area contributed by atoms with Gasteiger partial charge in [0.2, 0.25) is 21.8 Å². The third-order valence-corrected chi connectivity index (χ3v) is 6.73. The van der Waals surface area contributed by atoms with Crippen molar-refractivity contribution < 1.29 is 27.5 Å². The summed E-state index contributed by atoms with van der Waals surface area (Å²) in [6.45, 7) is 9.59. The minimum atomic E-state index is -3.84. The highest BCUT2D eigenvalue weighted by Crippen LogP contribution is 2.34. The van der Waals surface area contributed by atoms with Crippen molar-refractivity contribution in [2.24, 2.45) is 0 Å². The Hall–Kier alpha value is -3.27. The summed E-state index contributed by atoms with van der Waals surface area (Å²) in [5.74, 6) is 0.0924. The fourth-order valence-corrected chi connectivity index (χ4v) is 4.71. The first-order valence-corrected chi connectivity index (χ1v) is 13.6. The summed E-state index contributed by atoms with van der Waals surface area (Å²) in [5, 5.41) is 2.91. The van der Waals surface area contributed by atoms with E-state index >= 15 is 0 Å². The second kappa shape index (κ2) is 10.8. The van der Waals surface area contributed by atoms with Gasteiger partial charge in [-0.25, -0.2) is 8.42 Å². The third-order valence-electron chi connectivity index (χ3n) is 5.59. The summed E-state index contributed by atoms with van der Waals surface area (Å²) in [6, 6.07) is 11.5. The van der Waals surface area contributed by atoms with Crippen molar-refractivity contribution in [3.05, 3.63) is 53.6 Å². The van der Waals surface area contributed by atoms with Gasteiger partial charge in [-0.05, 0) is 52.3 Å². The third kappa shape index (κ3) is 7.13. The molecule has 0 fully saturated rings. The van der Waals surface area contributed by atoms with Crippen molar-refractivity contribution in [2.75, 3.05) is 30.3 Å². The van der Waals surface area contributed by atoms with Crippen LogP contribution < -0.4 is 19.1 Å². The molecule has 1 atom stereocenters. The van der Waals surface area contributed by atoms with Gasteiger partial charge in [-0.2, -0.15) is 0 Å². The standard InChI is InChI=1S/C26H35N3O6S/c1-18-8-7-9-20(14-18)16-28(19(2)25(31)27-26(3,4)5)24(30)17-29(36(6,32)33)21-10-11-22-23(15-21)35-13-12-34-22/h7-11,14-15,19H,12-13,16-17H2,1-6H3,(H,27,31). The van der Waals surface area contributed by atoms with Crippen LogP contribution in [0.5, 0.6) is 11.5 Å². The Labute approximate surface area is 213 Å². The normalized spacial score (nSPS) is 14.1. The van der Waals surface area contributed by atoms with Gasteiger partial charge in [-0.15, -0.1) is 0 Å². The predicted octanol–water partition coefficient (Wildman–Crippen LogP) is 2.86. The van der Waals surface area contributed by atoms with Crippen LogP contribution in [0, 0.1) is 6.92 Å². The molecule has 9 nitrogen and oxygen atoms in total. The molecule has 0 aromatic heterocycles. The molecule has 2 amide bonds. The van der Waals surface area contributed by atoms with Crippen LogP contribution in [-0.2, 0) is 26.2 Å². The zero-order chi connectivity index (χ0) is 26.7. The average Bonchev–Trinajstić information content (AvgIpc) is 2.78. The number of hydrogen-bond donors (Lipinski definition) is 1. The van der Waals surface area contributed by atoms with E-state index in [1.165, 1.54) is 4.90 Å². The van der Waals surface area contributed by atoms with Gasteiger partial charge in [0, 0.05) is 18.2 Å². The fraction of sp³-hybridized carbons (Fsp3) is 0.462. The summed E-state index contributed by atoms with van der Waals surface area (Å²) < 4.78 is 37.6. The highest BCUT2D eigenvalue weighted by Gasteiger charge is 2.31. The monoisotopic (exact) mass is 517 g/mol. The van der Waals surface area contributed by atoms with Crippen molar-refractivity contribution in [3.8, 4) is 11.5 Å². The minimum absolute atomic E-state index is 0.151. The van der Waals surface area contributed by atoms with Gasteiger partial charge in [-0.1, -0.05) is 29.8 Å². The Morgan fingerprint density at radius 3 is 2.33 bits per heavy atom. The van der Waals surface area contributed by atoms with Crippen molar-refractivity contribution in [1.29, 1.82) is 0 Å². The molecule has 3 rings (SSSR count). The van der Waals surface area contributed by atoms with Crippen molar-refractivity contribution >= 4 is 27.5 Å². The largest absolute Gasteiger partial charge is 0.486 e. The van der Waals surface area contributed by atoms with Gasteiger partial charge < -0.3 is 19.7 Å². The van der Waals surface area contributed by atoms with Gasteiger partial charge in [-0.3, -0.25) is 13.9 Å². The molecule has 196 valence electrons. The average molecular weight is 518 g/mol. The van der Waals surface area contributed by atoms with Crippen LogP contribution in [0.25, 0.3) is 0 Å². The van der Waals surface area contributed by atoms with E-state index in [-0.39, 0.29) is 18.1 Å². The molecule has 1 aliphatic heterocycles. The number of hydrogen-bond acceptors (Lipinski definition) is 6. The molecule has 1 unspecified atom stereocenters. The number of amides is 2. The van der Waals surface area contributed by atoms with Gasteiger partial charge in [0.25, 0.3) is 0 Å². The van der Waals surface area contributed by atoms with Crippen molar-refractivity contribution in [2.45, 2.75) is 52.7 Å². The molecule has 0 saturated carbocycles. The quantitative estimate of drug-likeness (QED) is 0.577. The highest BCUT2D eigenvalue weighted by molar-refractivity contribution is 7.92. The zero-order valence-corrected chi connectivity index (χ0v) is 22.5. The Morgan fingerprint density at radius 1 is 1.06 bits per heavy atom. The van der Waals surface area contributed by atoms with E-state index in [0.29, 0.717) is 24.7 Å². The van der Waals surface area contributed by atoms with E-state index in [0.717, 1.165) is 21.7 Å². The van der Waals surface area contributed by atoms with Crippen LogP contribution in [0.4, 0.5) is 5.69 Å². The van der Waals surface area contributed by atoms with E-state index in [4.69, 9.17) is 9.47 Å². The van der Waals surface area contributed by atoms with Gasteiger partial charge in [0.05, 0.1) is 11.9 Å². The fourth-order valence-electron chi connectivity index (χ4n) is 3.86. The lowest BCUT2D eigenvalue weighted by Gasteiger charge is -2.33. The minimum Gasteiger partial charge on any atom is -0.486 e. The maximum absolute atomic E-state index is 13.6. The molecule has 10 heteroatoms. The summed E-state index contributed by atoms with van der Waals surface area (Å²) >= 11 is 0. The van der Waals surface area contributed by atoms with Crippen LogP contribution in [0.15, 0.2) is 42.5 Å². The number of fused-ring (bicyclic) bond motifs is 1. The molecular weight excluding hydrogens is 482 g/mol. The lowest BCUT2D eigenvalue weighted by atomic mass is 10.1. The van der Waals surface area contributed by atoms with E-state index in [1.807, 2.05) is 52.0 Å². The molecule has 2 aromatic rings. The molecule has 0 aliphatic carbocycles. The van der Waals surface area contributed by atoms with Gasteiger partial charge in [0.15, 0.2) is 11.5 Å². The number of benzene rings is 2. The maximum Gasteiger partial charge on any atom is 0.244 e. The lowest BCUT2D eigenvalue weighted by molar-refractivity contribution is -0.140. The molecule has 1 aliphatic rings. The SMILES string of the molecule is Cc1cccc(CN(C(=O)CN(c2ccc3c(c2)OCCO3)S(C)(=O)=O)C(C)C(=O)NC(C)(C)C)c1. The van der Waals surface area contributed by atoms with Crippen LogP contribution in [-0.4, -0.2) is 62.7 Å². The van der Waals surface area contributed by atoms with Crippen molar-refractivity contribution in [3.63, 3.8) is 0 Å². The molecule has 1 heterocycles. The molecular formula is C26H35N3O6S. The van der Waals surface area contributed by atoms with Crippen molar-refractivity contribution in [1.82, 2.24) is 10.2 Å². The van der Waals surface area contributed by atoms with Gasteiger partial charge in [0.1, 0.15) is 25.8 Å². The number of anilines is 1. The molecule has 0 spiro atoms. The molecule has 0 bridgehead atoms. The second-order valence-corrected chi connectivity index (χ2v) is 11.9. The Morgan fingerprint density at radius 2 is 1.72 bits per heavy atom. The van der Waals surface area contributed by atoms with E-state index in [9.17, 15) is 18.0 Å². The second-order valence-electron chi connectivity index (χ2n) is 10.0. The number of rotatable bonds is 8. The van der Waals surface area contributed by atoms with Crippen LogP contribution in [0.2, 0.25) is 0 Å².